The van der Waals surface area contributed by atoms with Gasteiger partial charge in [-0.15, -0.1) is 0 Å². The number of aromatic nitrogens is 2. The molecule has 0 fully saturated rings. The van der Waals surface area contributed by atoms with Gasteiger partial charge in [0.1, 0.15) is 16.6 Å². The van der Waals surface area contributed by atoms with Gasteiger partial charge in [0.25, 0.3) is 5.91 Å². The molecule has 0 unspecified atom stereocenters. The van der Waals surface area contributed by atoms with Crippen molar-refractivity contribution in [1.82, 2.24) is 9.97 Å². The molecule has 0 aliphatic carbocycles. The zero-order chi connectivity index (χ0) is 21.3. The maximum absolute atomic E-state index is 14.4. The van der Waals surface area contributed by atoms with Crippen LogP contribution in [0.25, 0.3) is 11.0 Å². The number of hydrogen-bond donors (Lipinski definition) is 1. The highest BCUT2D eigenvalue weighted by Gasteiger charge is 2.17. The van der Waals surface area contributed by atoms with Crippen molar-refractivity contribution in [2.24, 2.45) is 0 Å². The average Bonchev–Trinajstić information content (AvgIpc) is 2.72. The van der Waals surface area contributed by atoms with E-state index in [1.807, 2.05) is 0 Å². The highest BCUT2D eigenvalue weighted by molar-refractivity contribution is 6.35. The molecule has 0 spiro atoms. The van der Waals surface area contributed by atoms with Crippen LogP contribution in [0.3, 0.4) is 0 Å². The number of hydrogen-bond acceptors (Lipinski definition) is 4. The summed E-state index contributed by atoms with van der Waals surface area (Å²) in [7, 11) is 0. The summed E-state index contributed by atoms with van der Waals surface area (Å²) in [5.41, 5.74) is 2.20. The number of fused-ring (bicyclic) bond motifs is 1. The lowest BCUT2D eigenvalue weighted by molar-refractivity contribution is 0.102. The summed E-state index contributed by atoms with van der Waals surface area (Å²) < 4.78 is 33.4. The van der Waals surface area contributed by atoms with E-state index in [1.165, 1.54) is 24.3 Å². The van der Waals surface area contributed by atoms with E-state index in [9.17, 15) is 13.6 Å². The van der Waals surface area contributed by atoms with Crippen LogP contribution in [0.1, 0.15) is 16.1 Å². The van der Waals surface area contributed by atoms with Gasteiger partial charge < -0.3 is 10.1 Å². The molecule has 4 rings (SSSR count). The third-order valence-corrected chi connectivity index (χ3v) is 4.61. The molecule has 8 heteroatoms. The molecule has 4 aromatic rings. The van der Waals surface area contributed by atoms with Gasteiger partial charge in [-0.2, -0.15) is 0 Å². The largest absolute Gasteiger partial charge is 0.453 e. The highest BCUT2D eigenvalue weighted by Crippen LogP contribution is 2.38. The van der Waals surface area contributed by atoms with Gasteiger partial charge in [0, 0.05) is 17.8 Å². The summed E-state index contributed by atoms with van der Waals surface area (Å²) in [5, 5.41) is 2.41. The first kappa shape index (κ1) is 19.7. The Bertz CT molecular complexity index is 1280. The first-order valence-electron chi connectivity index (χ1n) is 8.87. The summed E-state index contributed by atoms with van der Waals surface area (Å²) in [6, 6.07) is 12.5. The Hall–Kier alpha value is -3.58. The lowest BCUT2D eigenvalue weighted by Crippen LogP contribution is -2.12. The van der Waals surface area contributed by atoms with Crippen molar-refractivity contribution in [1.29, 1.82) is 0 Å². The number of halogens is 3. The molecule has 0 atom stereocenters. The van der Waals surface area contributed by atoms with Gasteiger partial charge in [-0.3, -0.25) is 9.78 Å². The minimum atomic E-state index is -0.709. The third-order valence-electron chi connectivity index (χ3n) is 4.24. The fourth-order valence-corrected chi connectivity index (χ4v) is 3.05. The van der Waals surface area contributed by atoms with E-state index < -0.39 is 17.5 Å². The summed E-state index contributed by atoms with van der Waals surface area (Å²) >= 11 is 6.29. The molecule has 150 valence electrons. The zero-order valence-corrected chi connectivity index (χ0v) is 16.4. The molecule has 0 aliphatic heterocycles. The molecule has 0 bridgehead atoms. The van der Waals surface area contributed by atoms with E-state index in [-0.39, 0.29) is 22.0 Å². The van der Waals surface area contributed by atoms with Crippen molar-refractivity contribution in [2.45, 2.75) is 6.92 Å². The second-order valence-corrected chi connectivity index (χ2v) is 6.84. The summed E-state index contributed by atoms with van der Waals surface area (Å²) in [6.45, 7) is 1.81. The molecular formula is C22H14ClF2N3O2. The molecule has 3 aromatic carbocycles. The van der Waals surface area contributed by atoms with E-state index in [4.69, 9.17) is 16.3 Å². The minimum Gasteiger partial charge on any atom is -0.453 e. The van der Waals surface area contributed by atoms with Crippen molar-refractivity contribution >= 4 is 34.2 Å². The van der Waals surface area contributed by atoms with Crippen LogP contribution < -0.4 is 10.1 Å². The molecule has 0 radical (unpaired) electrons. The molecule has 1 N–H and O–H groups in total. The number of anilines is 1. The number of aryl methyl sites for hydroxylation is 1. The maximum Gasteiger partial charge on any atom is 0.255 e. The fraction of sp³-hybridized carbons (Fsp3) is 0.0455. The smallest absolute Gasteiger partial charge is 0.255 e. The molecular weight excluding hydrogens is 412 g/mol. The molecule has 1 heterocycles. The molecule has 0 saturated carbocycles. The molecule has 1 amide bonds. The van der Waals surface area contributed by atoms with Gasteiger partial charge in [0.15, 0.2) is 11.6 Å². The predicted octanol–water partition coefficient (Wildman–Crippen LogP) is 5.91. The first-order chi connectivity index (χ1) is 14.4. The molecule has 30 heavy (non-hydrogen) atoms. The van der Waals surface area contributed by atoms with Crippen molar-refractivity contribution in [3.05, 3.63) is 88.7 Å². The minimum absolute atomic E-state index is 0.0985. The van der Waals surface area contributed by atoms with E-state index in [0.29, 0.717) is 16.8 Å². The standard InChI is InChI=1S/C22H14ClF2N3O2/c1-12-11-26-17-7-5-15(10-19(17)27-12)30-21-16(25)6-8-18(20(21)23)28-22(29)13-3-2-4-14(24)9-13/h2-11H,1H3,(H,28,29). The SMILES string of the molecule is Cc1cnc2ccc(Oc3c(F)ccc(NC(=O)c4cccc(F)c4)c3Cl)cc2n1. The Kier molecular flexibility index (Phi) is 5.29. The molecule has 0 aliphatic rings. The second kappa shape index (κ2) is 8.04. The highest BCUT2D eigenvalue weighted by atomic mass is 35.5. The number of nitrogens with one attached hydrogen (secondary N) is 1. The van der Waals surface area contributed by atoms with Crippen LogP contribution >= 0.6 is 11.6 Å². The Morgan fingerprint density at radius 2 is 1.90 bits per heavy atom. The van der Waals surface area contributed by atoms with Crippen molar-refractivity contribution in [2.75, 3.05) is 5.32 Å². The first-order valence-corrected chi connectivity index (χ1v) is 9.25. The normalized spacial score (nSPS) is 10.8. The summed E-state index contributed by atoms with van der Waals surface area (Å²) in [6.07, 6.45) is 1.64. The van der Waals surface area contributed by atoms with Crippen LogP contribution in [0.4, 0.5) is 14.5 Å². The van der Waals surface area contributed by atoms with Crippen LogP contribution in [-0.4, -0.2) is 15.9 Å². The number of carbonyl (C=O) groups is 1. The lowest BCUT2D eigenvalue weighted by Gasteiger charge is -2.13. The molecule has 1 aromatic heterocycles. The number of rotatable bonds is 4. The Morgan fingerprint density at radius 1 is 1.07 bits per heavy atom. The number of nitrogens with zero attached hydrogens (tertiary/aromatic N) is 2. The van der Waals surface area contributed by atoms with Crippen LogP contribution in [-0.2, 0) is 0 Å². The number of benzene rings is 3. The Morgan fingerprint density at radius 3 is 2.70 bits per heavy atom. The number of ether oxygens (including phenoxy) is 1. The Labute approximate surface area is 175 Å². The monoisotopic (exact) mass is 425 g/mol. The van der Waals surface area contributed by atoms with Gasteiger partial charge in [0.05, 0.1) is 22.4 Å². The van der Waals surface area contributed by atoms with Crippen molar-refractivity contribution in [3.63, 3.8) is 0 Å². The second-order valence-electron chi connectivity index (χ2n) is 6.47. The van der Waals surface area contributed by atoms with Gasteiger partial charge in [0.2, 0.25) is 0 Å². The summed E-state index contributed by atoms with van der Waals surface area (Å²) in [4.78, 5) is 21.0. The third kappa shape index (κ3) is 4.06. The number of amides is 1. The quantitative estimate of drug-likeness (QED) is 0.441. The van der Waals surface area contributed by atoms with E-state index in [1.54, 1.807) is 31.3 Å². The fourth-order valence-electron chi connectivity index (χ4n) is 2.81. The topological polar surface area (TPSA) is 64.1 Å². The Balaban J connectivity index is 1.63. The molecule has 0 saturated heterocycles. The van der Waals surface area contributed by atoms with Crippen molar-refractivity contribution in [3.8, 4) is 11.5 Å². The zero-order valence-electron chi connectivity index (χ0n) is 15.6. The maximum atomic E-state index is 14.4. The van der Waals surface area contributed by atoms with Crippen LogP contribution in [0, 0.1) is 18.6 Å². The van der Waals surface area contributed by atoms with E-state index in [2.05, 4.69) is 15.3 Å². The van der Waals surface area contributed by atoms with Crippen LogP contribution in [0.5, 0.6) is 11.5 Å². The van der Waals surface area contributed by atoms with Crippen LogP contribution in [0.15, 0.2) is 60.8 Å². The lowest BCUT2D eigenvalue weighted by atomic mass is 10.2. The van der Waals surface area contributed by atoms with Crippen LogP contribution in [0.2, 0.25) is 5.02 Å². The van der Waals surface area contributed by atoms with Gasteiger partial charge in [-0.25, -0.2) is 13.8 Å². The average molecular weight is 426 g/mol. The van der Waals surface area contributed by atoms with Gasteiger partial charge in [-0.05, 0) is 49.4 Å². The van der Waals surface area contributed by atoms with E-state index in [0.717, 1.165) is 17.8 Å². The van der Waals surface area contributed by atoms with Gasteiger partial charge in [-0.1, -0.05) is 17.7 Å². The predicted molar refractivity (Wildman–Crippen MR) is 110 cm³/mol. The van der Waals surface area contributed by atoms with Gasteiger partial charge >= 0.3 is 0 Å². The number of carbonyl (C=O) groups excluding carboxylic acids is 1. The van der Waals surface area contributed by atoms with E-state index >= 15 is 0 Å². The van der Waals surface area contributed by atoms with Crippen molar-refractivity contribution < 1.29 is 18.3 Å². The summed E-state index contributed by atoms with van der Waals surface area (Å²) in [5.74, 6) is -1.80. The molecule has 5 nitrogen and oxygen atoms in total.